The highest BCUT2D eigenvalue weighted by Crippen LogP contribution is 2.23. The summed E-state index contributed by atoms with van der Waals surface area (Å²) in [5.41, 5.74) is 2.32. The van der Waals surface area contributed by atoms with E-state index in [-0.39, 0.29) is 0 Å². The molecule has 25 heavy (non-hydrogen) atoms. The van der Waals surface area contributed by atoms with Crippen LogP contribution in [0.5, 0.6) is 0 Å². The average Bonchev–Trinajstić information content (AvgIpc) is 3.22. The molecule has 1 saturated heterocycles. The van der Waals surface area contributed by atoms with Gasteiger partial charge in [0.05, 0.1) is 17.4 Å². The Labute approximate surface area is 149 Å². The molecule has 0 N–H and O–H groups in total. The molecule has 1 aliphatic heterocycles. The molecule has 0 bridgehead atoms. The van der Waals surface area contributed by atoms with Gasteiger partial charge in [-0.25, -0.2) is 9.97 Å². The predicted molar refractivity (Wildman–Crippen MR) is 101 cm³/mol. The number of fused-ring (bicyclic) bond motifs is 1. The van der Waals surface area contributed by atoms with Crippen molar-refractivity contribution >= 4 is 11.0 Å². The summed E-state index contributed by atoms with van der Waals surface area (Å²) in [7, 11) is 0. The lowest BCUT2D eigenvalue weighted by Gasteiger charge is -2.35. The summed E-state index contributed by atoms with van der Waals surface area (Å²) in [6, 6.07) is 8.83. The maximum Gasteiger partial charge on any atom is 0.105 e. The van der Waals surface area contributed by atoms with E-state index >= 15 is 0 Å². The van der Waals surface area contributed by atoms with Crippen LogP contribution in [-0.4, -0.2) is 43.6 Å². The normalized spacial score (nSPS) is 20.2. The van der Waals surface area contributed by atoms with Crippen molar-refractivity contribution in [3.63, 3.8) is 0 Å². The number of benzene rings is 1. The van der Waals surface area contributed by atoms with Crippen molar-refractivity contribution < 1.29 is 0 Å². The van der Waals surface area contributed by atoms with Crippen LogP contribution < -0.4 is 0 Å². The number of likely N-dealkylation sites (tertiary alicyclic amines) is 1. The summed E-state index contributed by atoms with van der Waals surface area (Å²) in [6.45, 7) is 8.94. The molecule has 132 valence electrons. The molecule has 2 aromatic heterocycles. The predicted octanol–water partition coefficient (Wildman–Crippen LogP) is 3.51. The second kappa shape index (κ2) is 7.00. The fourth-order valence-electron chi connectivity index (χ4n) is 4.13. The van der Waals surface area contributed by atoms with Gasteiger partial charge in [0.25, 0.3) is 0 Å². The second-order valence-electron chi connectivity index (χ2n) is 7.38. The molecule has 5 nitrogen and oxygen atoms in total. The van der Waals surface area contributed by atoms with Crippen molar-refractivity contribution in [3.8, 4) is 0 Å². The lowest BCUT2D eigenvalue weighted by atomic mass is 9.97. The highest BCUT2D eigenvalue weighted by Gasteiger charge is 2.22. The zero-order valence-electron chi connectivity index (χ0n) is 15.2. The first-order valence-electron chi connectivity index (χ1n) is 9.32. The van der Waals surface area contributed by atoms with E-state index < -0.39 is 0 Å². The number of piperidine rings is 1. The van der Waals surface area contributed by atoms with E-state index in [0.717, 1.165) is 24.4 Å². The molecule has 1 fully saturated rings. The Bertz CT molecular complexity index is 833. The van der Waals surface area contributed by atoms with Crippen LogP contribution in [-0.2, 0) is 6.54 Å². The van der Waals surface area contributed by atoms with Gasteiger partial charge in [-0.2, -0.15) is 0 Å². The molecule has 1 aromatic carbocycles. The zero-order chi connectivity index (χ0) is 17.2. The van der Waals surface area contributed by atoms with Gasteiger partial charge in [-0.05, 0) is 51.3 Å². The van der Waals surface area contributed by atoms with Gasteiger partial charge in [0.15, 0.2) is 0 Å². The van der Waals surface area contributed by atoms with Crippen LogP contribution in [0, 0.1) is 12.8 Å². The van der Waals surface area contributed by atoms with Gasteiger partial charge in [0, 0.05) is 38.1 Å². The fourth-order valence-corrected chi connectivity index (χ4v) is 4.13. The molecule has 4 rings (SSSR count). The summed E-state index contributed by atoms with van der Waals surface area (Å²) in [5, 5.41) is 0. The van der Waals surface area contributed by atoms with Crippen molar-refractivity contribution in [2.45, 2.75) is 39.3 Å². The van der Waals surface area contributed by atoms with Crippen LogP contribution in [0.25, 0.3) is 11.0 Å². The van der Waals surface area contributed by atoms with Gasteiger partial charge in [0.1, 0.15) is 5.82 Å². The number of nitrogens with zero attached hydrogens (tertiary/aromatic N) is 5. The van der Waals surface area contributed by atoms with E-state index in [2.05, 4.69) is 68.3 Å². The number of hydrogen-bond donors (Lipinski definition) is 0. The Kier molecular flexibility index (Phi) is 4.57. The van der Waals surface area contributed by atoms with Crippen LogP contribution in [0.2, 0.25) is 0 Å². The minimum atomic E-state index is 0.432. The fraction of sp³-hybridized carbons (Fsp3) is 0.500. The number of hydrogen-bond acceptors (Lipinski definition) is 3. The molecule has 0 aliphatic carbocycles. The quantitative estimate of drug-likeness (QED) is 0.715. The van der Waals surface area contributed by atoms with E-state index in [9.17, 15) is 0 Å². The third kappa shape index (κ3) is 3.47. The van der Waals surface area contributed by atoms with Crippen LogP contribution in [0.4, 0.5) is 0 Å². The molecule has 0 saturated carbocycles. The van der Waals surface area contributed by atoms with Crippen molar-refractivity contribution in [3.05, 3.63) is 48.8 Å². The van der Waals surface area contributed by atoms with Gasteiger partial charge < -0.3 is 14.0 Å². The van der Waals surface area contributed by atoms with Crippen LogP contribution in [0.3, 0.4) is 0 Å². The van der Waals surface area contributed by atoms with Gasteiger partial charge >= 0.3 is 0 Å². The van der Waals surface area contributed by atoms with Crippen molar-refractivity contribution in [1.29, 1.82) is 0 Å². The molecule has 0 spiro atoms. The standard InChI is InChI=1S/C20H27N5/c1-16(25-15-22-19-7-3-4-8-20(19)25)12-23-10-5-6-18(13-23)14-24-11-9-21-17(24)2/h3-4,7-9,11,15-16,18H,5-6,10,12-14H2,1-2H3/t16-,18+/m1/s1. The molecule has 0 amide bonds. The molecule has 3 aromatic rings. The smallest absolute Gasteiger partial charge is 0.105 e. The molecular formula is C20H27N5. The van der Waals surface area contributed by atoms with Gasteiger partial charge in [-0.15, -0.1) is 0 Å². The molecule has 5 heteroatoms. The highest BCUT2D eigenvalue weighted by atomic mass is 15.2. The second-order valence-corrected chi connectivity index (χ2v) is 7.38. The topological polar surface area (TPSA) is 38.9 Å². The summed E-state index contributed by atoms with van der Waals surface area (Å²) in [5.74, 6) is 1.84. The first kappa shape index (κ1) is 16.3. The Hall–Kier alpha value is -2.14. The maximum absolute atomic E-state index is 4.54. The minimum absolute atomic E-state index is 0.432. The maximum atomic E-state index is 4.54. The number of aromatic nitrogens is 4. The number of aryl methyl sites for hydroxylation is 1. The average molecular weight is 337 g/mol. The van der Waals surface area contributed by atoms with Crippen molar-refractivity contribution in [1.82, 2.24) is 24.0 Å². The molecule has 0 radical (unpaired) electrons. The van der Waals surface area contributed by atoms with E-state index in [1.807, 2.05) is 12.5 Å². The Balaban J connectivity index is 1.41. The van der Waals surface area contributed by atoms with Crippen LogP contribution >= 0.6 is 0 Å². The van der Waals surface area contributed by atoms with E-state index in [1.54, 1.807) is 0 Å². The third-order valence-electron chi connectivity index (χ3n) is 5.46. The van der Waals surface area contributed by atoms with E-state index in [1.165, 1.54) is 31.4 Å². The third-order valence-corrected chi connectivity index (χ3v) is 5.46. The molecule has 1 aliphatic rings. The first-order chi connectivity index (χ1) is 12.2. The Morgan fingerprint density at radius 2 is 2.12 bits per heavy atom. The molecular weight excluding hydrogens is 310 g/mol. The van der Waals surface area contributed by atoms with Gasteiger partial charge in [-0.1, -0.05) is 12.1 Å². The largest absolute Gasteiger partial charge is 0.335 e. The van der Waals surface area contributed by atoms with E-state index in [4.69, 9.17) is 0 Å². The lowest BCUT2D eigenvalue weighted by Crippen LogP contribution is -2.39. The Morgan fingerprint density at radius 1 is 1.24 bits per heavy atom. The monoisotopic (exact) mass is 337 g/mol. The lowest BCUT2D eigenvalue weighted by molar-refractivity contribution is 0.146. The van der Waals surface area contributed by atoms with Crippen molar-refractivity contribution in [2.24, 2.45) is 5.92 Å². The van der Waals surface area contributed by atoms with Gasteiger partial charge in [0.2, 0.25) is 0 Å². The zero-order valence-corrected chi connectivity index (χ0v) is 15.2. The molecule has 0 unspecified atom stereocenters. The number of para-hydroxylation sites is 2. The van der Waals surface area contributed by atoms with Crippen LogP contribution in [0.15, 0.2) is 43.0 Å². The molecule has 2 atom stereocenters. The number of rotatable bonds is 5. The summed E-state index contributed by atoms with van der Waals surface area (Å²) < 4.78 is 4.61. The number of imidazole rings is 2. The van der Waals surface area contributed by atoms with Gasteiger partial charge in [-0.3, -0.25) is 0 Å². The van der Waals surface area contributed by atoms with E-state index in [0.29, 0.717) is 12.0 Å². The highest BCUT2D eigenvalue weighted by molar-refractivity contribution is 5.75. The van der Waals surface area contributed by atoms with Crippen LogP contribution in [0.1, 0.15) is 31.6 Å². The molecule has 3 heterocycles. The Morgan fingerprint density at radius 3 is 2.96 bits per heavy atom. The van der Waals surface area contributed by atoms with Crippen molar-refractivity contribution in [2.75, 3.05) is 19.6 Å². The summed E-state index contributed by atoms with van der Waals surface area (Å²) in [6.07, 6.45) is 8.61. The SMILES string of the molecule is Cc1nccn1C[C@H]1CCCN(C[C@@H](C)n2cnc3ccccc32)C1. The summed E-state index contributed by atoms with van der Waals surface area (Å²) >= 11 is 0. The summed E-state index contributed by atoms with van der Waals surface area (Å²) in [4.78, 5) is 11.5. The first-order valence-corrected chi connectivity index (χ1v) is 9.32. The minimum Gasteiger partial charge on any atom is -0.335 e.